The molecule has 6 heteroatoms. The minimum atomic E-state index is -0.851. The number of amides is 2. The van der Waals surface area contributed by atoms with Crippen molar-refractivity contribution in [2.75, 3.05) is 4.90 Å². The molecule has 0 atom stereocenters. The van der Waals surface area contributed by atoms with Crippen molar-refractivity contribution in [1.82, 2.24) is 0 Å². The SMILES string of the molecule is N#C/C(=C1/OC(=O)N(c2ccc(Cl)cc2)C1=O)c1ccccc1. The Morgan fingerprint density at radius 3 is 2.30 bits per heavy atom. The van der Waals surface area contributed by atoms with E-state index in [9.17, 15) is 14.9 Å². The van der Waals surface area contributed by atoms with Gasteiger partial charge in [0.05, 0.1) is 5.69 Å². The van der Waals surface area contributed by atoms with E-state index in [1.807, 2.05) is 6.07 Å². The molecular weight excluding hydrogens is 316 g/mol. The Morgan fingerprint density at radius 2 is 1.70 bits per heavy atom. The van der Waals surface area contributed by atoms with E-state index in [2.05, 4.69) is 0 Å². The Kier molecular flexibility index (Phi) is 3.83. The maximum absolute atomic E-state index is 12.5. The van der Waals surface area contributed by atoms with Crippen LogP contribution in [0.2, 0.25) is 5.02 Å². The zero-order valence-electron chi connectivity index (χ0n) is 11.7. The molecule has 0 aromatic heterocycles. The molecule has 23 heavy (non-hydrogen) atoms. The predicted octanol–water partition coefficient (Wildman–Crippen LogP) is 3.76. The third-order valence-corrected chi connectivity index (χ3v) is 3.51. The summed E-state index contributed by atoms with van der Waals surface area (Å²) in [6.45, 7) is 0. The second kappa shape index (κ2) is 5.95. The summed E-state index contributed by atoms with van der Waals surface area (Å²) in [5.41, 5.74) is 0.842. The highest BCUT2D eigenvalue weighted by Crippen LogP contribution is 2.30. The number of halogens is 1. The van der Waals surface area contributed by atoms with E-state index >= 15 is 0 Å². The maximum atomic E-state index is 12.5. The number of benzene rings is 2. The number of imide groups is 1. The second-order valence-electron chi connectivity index (χ2n) is 4.67. The van der Waals surface area contributed by atoms with Crippen LogP contribution in [-0.2, 0) is 9.53 Å². The van der Waals surface area contributed by atoms with Crippen LogP contribution in [0.1, 0.15) is 5.56 Å². The van der Waals surface area contributed by atoms with Crippen molar-refractivity contribution >= 4 is 34.9 Å². The van der Waals surface area contributed by atoms with Gasteiger partial charge >= 0.3 is 12.0 Å². The van der Waals surface area contributed by atoms with Crippen molar-refractivity contribution in [3.63, 3.8) is 0 Å². The van der Waals surface area contributed by atoms with E-state index in [4.69, 9.17) is 16.3 Å². The van der Waals surface area contributed by atoms with Gasteiger partial charge in [0, 0.05) is 5.02 Å². The number of carbonyl (C=O) groups excluding carboxylic acids is 2. The normalized spacial score (nSPS) is 16.1. The van der Waals surface area contributed by atoms with E-state index in [1.54, 1.807) is 42.5 Å². The fourth-order valence-corrected chi connectivity index (χ4v) is 2.31. The summed E-state index contributed by atoms with van der Waals surface area (Å²) in [7, 11) is 0. The van der Waals surface area contributed by atoms with Crippen molar-refractivity contribution in [1.29, 1.82) is 5.26 Å². The van der Waals surface area contributed by atoms with Gasteiger partial charge < -0.3 is 4.74 Å². The molecule has 1 aliphatic rings. The average Bonchev–Trinajstić information content (AvgIpc) is 2.85. The van der Waals surface area contributed by atoms with Crippen molar-refractivity contribution in [2.24, 2.45) is 0 Å². The molecule has 2 amide bonds. The molecule has 0 spiro atoms. The predicted molar refractivity (Wildman–Crippen MR) is 84.4 cm³/mol. The summed E-state index contributed by atoms with van der Waals surface area (Å²) in [5, 5.41) is 9.83. The quantitative estimate of drug-likeness (QED) is 0.623. The minimum absolute atomic E-state index is 0.0143. The lowest BCUT2D eigenvalue weighted by molar-refractivity contribution is -0.114. The van der Waals surface area contributed by atoms with Crippen LogP contribution < -0.4 is 4.90 Å². The fraction of sp³-hybridized carbons (Fsp3) is 0. The molecule has 1 fully saturated rings. The van der Waals surface area contributed by atoms with Gasteiger partial charge in [0.1, 0.15) is 11.6 Å². The minimum Gasteiger partial charge on any atom is -0.402 e. The number of carbonyl (C=O) groups is 2. The van der Waals surface area contributed by atoms with Crippen LogP contribution in [0.4, 0.5) is 10.5 Å². The standard InChI is InChI=1S/C17H9ClN2O3/c18-12-6-8-13(9-7-12)20-16(21)15(23-17(20)22)14(10-19)11-4-2-1-3-5-11/h1-9H/b15-14-. The number of nitriles is 1. The molecule has 112 valence electrons. The van der Waals surface area contributed by atoms with Gasteiger partial charge in [-0.25, -0.2) is 9.69 Å². The third-order valence-electron chi connectivity index (χ3n) is 3.26. The van der Waals surface area contributed by atoms with E-state index in [0.717, 1.165) is 4.90 Å². The smallest absolute Gasteiger partial charge is 0.402 e. The molecule has 0 aliphatic carbocycles. The van der Waals surface area contributed by atoms with E-state index in [0.29, 0.717) is 16.3 Å². The van der Waals surface area contributed by atoms with E-state index in [1.165, 1.54) is 12.1 Å². The largest absolute Gasteiger partial charge is 0.427 e. The molecule has 2 aromatic carbocycles. The van der Waals surface area contributed by atoms with Crippen molar-refractivity contribution in [2.45, 2.75) is 0 Å². The van der Waals surface area contributed by atoms with Gasteiger partial charge in [-0.05, 0) is 29.8 Å². The van der Waals surface area contributed by atoms with Crippen LogP contribution in [0.5, 0.6) is 0 Å². The van der Waals surface area contributed by atoms with Crippen LogP contribution in [0, 0.1) is 11.3 Å². The first-order valence-corrected chi connectivity index (χ1v) is 7.01. The first-order chi connectivity index (χ1) is 11.1. The highest BCUT2D eigenvalue weighted by molar-refractivity contribution is 6.31. The van der Waals surface area contributed by atoms with Crippen LogP contribution in [-0.4, -0.2) is 12.0 Å². The zero-order valence-corrected chi connectivity index (χ0v) is 12.4. The first-order valence-electron chi connectivity index (χ1n) is 6.63. The van der Waals surface area contributed by atoms with Crippen molar-refractivity contribution in [3.8, 4) is 6.07 Å². The Balaban J connectivity index is 2.05. The lowest BCUT2D eigenvalue weighted by Crippen LogP contribution is -2.28. The number of nitrogens with zero attached hydrogens (tertiary/aromatic N) is 2. The molecule has 0 bridgehead atoms. The summed E-state index contributed by atoms with van der Waals surface area (Å²) in [6, 6.07) is 16.7. The van der Waals surface area contributed by atoms with Crippen LogP contribution >= 0.6 is 11.6 Å². The molecule has 1 heterocycles. The van der Waals surface area contributed by atoms with Crippen LogP contribution in [0.3, 0.4) is 0 Å². The summed E-state index contributed by atoms with van der Waals surface area (Å²) < 4.78 is 5.04. The van der Waals surface area contributed by atoms with Gasteiger partial charge in [0.2, 0.25) is 5.76 Å². The fourth-order valence-electron chi connectivity index (χ4n) is 2.18. The van der Waals surface area contributed by atoms with Gasteiger partial charge in [-0.15, -0.1) is 0 Å². The van der Waals surface area contributed by atoms with Crippen LogP contribution in [0.15, 0.2) is 60.4 Å². The highest BCUT2D eigenvalue weighted by Gasteiger charge is 2.40. The zero-order chi connectivity index (χ0) is 16.4. The monoisotopic (exact) mass is 324 g/mol. The first kappa shape index (κ1) is 14.8. The summed E-state index contributed by atoms with van der Waals surface area (Å²) in [4.78, 5) is 25.4. The van der Waals surface area contributed by atoms with Crippen molar-refractivity contribution < 1.29 is 14.3 Å². The maximum Gasteiger partial charge on any atom is 0.427 e. The number of hydrogen-bond donors (Lipinski definition) is 0. The molecule has 0 N–H and O–H groups in total. The lowest BCUT2D eigenvalue weighted by atomic mass is 10.1. The molecule has 0 radical (unpaired) electrons. The van der Waals surface area contributed by atoms with Gasteiger partial charge in [-0.3, -0.25) is 4.79 Å². The van der Waals surface area contributed by atoms with Gasteiger partial charge in [-0.1, -0.05) is 41.9 Å². The number of cyclic esters (lactones) is 1. The lowest BCUT2D eigenvalue weighted by Gasteiger charge is -2.09. The Labute approximate surface area is 137 Å². The molecule has 0 unspecified atom stereocenters. The Morgan fingerprint density at radius 1 is 1.04 bits per heavy atom. The van der Waals surface area contributed by atoms with E-state index < -0.39 is 12.0 Å². The summed E-state index contributed by atoms with van der Waals surface area (Å²) >= 11 is 5.80. The average molecular weight is 325 g/mol. The molecule has 0 saturated carbocycles. The Hall–Kier alpha value is -3.10. The number of anilines is 1. The third kappa shape index (κ3) is 2.68. The molecular formula is C17H9ClN2O3. The molecule has 5 nitrogen and oxygen atoms in total. The van der Waals surface area contributed by atoms with Gasteiger partial charge in [-0.2, -0.15) is 5.26 Å². The molecule has 1 saturated heterocycles. The van der Waals surface area contributed by atoms with E-state index in [-0.39, 0.29) is 11.3 Å². The summed E-state index contributed by atoms with van der Waals surface area (Å²) in [6.07, 6.45) is -0.851. The number of hydrogen-bond acceptors (Lipinski definition) is 4. The van der Waals surface area contributed by atoms with Gasteiger partial charge in [0.15, 0.2) is 0 Å². The number of rotatable bonds is 2. The molecule has 3 rings (SSSR count). The van der Waals surface area contributed by atoms with Gasteiger partial charge in [0.25, 0.3) is 0 Å². The van der Waals surface area contributed by atoms with Crippen LogP contribution in [0.25, 0.3) is 5.57 Å². The Bertz CT molecular complexity index is 852. The second-order valence-corrected chi connectivity index (χ2v) is 5.10. The molecule has 2 aromatic rings. The number of ether oxygens (including phenoxy) is 1. The number of allylic oxidation sites excluding steroid dienone is 1. The highest BCUT2D eigenvalue weighted by atomic mass is 35.5. The van der Waals surface area contributed by atoms with Crippen molar-refractivity contribution in [3.05, 3.63) is 70.9 Å². The summed E-state index contributed by atoms with van der Waals surface area (Å²) in [5.74, 6) is -0.962. The molecule has 1 aliphatic heterocycles. The topological polar surface area (TPSA) is 70.4 Å².